The average molecular weight is 287 g/mol. The van der Waals surface area contributed by atoms with Crippen molar-refractivity contribution in [1.29, 1.82) is 0 Å². The van der Waals surface area contributed by atoms with E-state index in [0.29, 0.717) is 0 Å². The van der Waals surface area contributed by atoms with Gasteiger partial charge < -0.3 is 19.9 Å². The zero-order valence-corrected chi connectivity index (χ0v) is 12.5. The molecule has 1 fully saturated rings. The molecule has 116 valence electrons. The van der Waals surface area contributed by atoms with Crippen molar-refractivity contribution in [3.63, 3.8) is 0 Å². The second-order valence-electron chi connectivity index (χ2n) is 6.05. The molecule has 1 aliphatic carbocycles. The van der Waals surface area contributed by atoms with Crippen LogP contribution in [0.3, 0.4) is 0 Å². The molecule has 0 spiro atoms. The van der Waals surface area contributed by atoms with Gasteiger partial charge in [-0.2, -0.15) is 0 Å². The van der Waals surface area contributed by atoms with Crippen LogP contribution >= 0.6 is 0 Å². The quantitative estimate of drug-likeness (QED) is 0.752. The van der Waals surface area contributed by atoms with Crippen molar-refractivity contribution in [3.05, 3.63) is 0 Å². The minimum absolute atomic E-state index is 0.0656. The highest BCUT2D eigenvalue weighted by atomic mass is 16.6. The van der Waals surface area contributed by atoms with Crippen molar-refractivity contribution >= 4 is 12.1 Å². The normalized spacial score (nSPS) is 17.6. The third kappa shape index (κ3) is 6.23. The summed E-state index contributed by atoms with van der Waals surface area (Å²) in [5.74, 6) is -0.503. The summed E-state index contributed by atoms with van der Waals surface area (Å²) < 4.78 is 10.4. The Kier molecular flexibility index (Phi) is 6.26. The number of ether oxygens (including phenoxy) is 2. The third-order valence-corrected chi connectivity index (χ3v) is 2.98. The molecular formula is C14H25NO5. The molecule has 0 aromatic carbocycles. The lowest BCUT2D eigenvalue weighted by Gasteiger charge is -2.23. The minimum atomic E-state index is -0.865. The van der Waals surface area contributed by atoms with Gasteiger partial charge in [-0.05, 0) is 46.5 Å². The maximum atomic E-state index is 12.0. The molecule has 0 saturated heterocycles. The van der Waals surface area contributed by atoms with Gasteiger partial charge in [0.05, 0.1) is 0 Å². The van der Waals surface area contributed by atoms with Crippen molar-refractivity contribution in [2.75, 3.05) is 6.61 Å². The Labute approximate surface area is 119 Å². The summed E-state index contributed by atoms with van der Waals surface area (Å²) >= 11 is 0. The predicted octanol–water partition coefficient (Wildman–Crippen LogP) is 1.75. The first-order chi connectivity index (χ1) is 9.31. The molecule has 1 aliphatic rings. The second-order valence-corrected chi connectivity index (χ2v) is 6.05. The van der Waals surface area contributed by atoms with E-state index in [4.69, 9.17) is 14.6 Å². The smallest absolute Gasteiger partial charge is 0.408 e. The van der Waals surface area contributed by atoms with Crippen LogP contribution in [0.2, 0.25) is 0 Å². The van der Waals surface area contributed by atoms with Gasteiger partial charge >= 0.3 is 12.1 Å². The molecular weight excluding hydrogens is 262 g/mol. The van der Waals surface area contributed by atoms with Crippen LogP contribution < -0.4 is 5.32 Å². The predicted molar refractivity (Wildman–Crippen MR) is 73.2 cm³/mol. The second kappa shape index (κ2) is 7.47. The Bertz CT molecular complexity index is 331. The number of hydrogen-bond donors (Lipinski definition) is 2. The molecule has 0 aromatic rings. The monoisotopic (exact) mass is 287 g/mol. The zero-order valence-electron chi connectivity index (χ0n) is 12.5. The topological polar surface area (TPSA) is 84.9 Å². The fourth-order valence-corrected chi connectivity index (χ4v) is 2.08. The summed E-state index contributed by atoms with van der Waals surface area (Å²) in [5, 5.41) is 11.4. The number of aliphatic hydroxyl groups is 1. The van der Waals surface area contributed by atoms with Crippen molar-refractivity contribution < 1.29 is 24.2 Å². The minimum Gasteiger partial charge on any atom is -0.461 e. The number of carbonyl (C=O) groups excluding carboxylic acids is 2. The van der Waals surface area contributed by atoms with Gasteiger partial charge in [-0.3, -0.25) is 0 Å². The van der Waals surface area contributed by atoms with E-state index in [1.807, 2.05) is 0 Å². The molecule has 1 rings (SSSR count). The van der Waals surface area contributed by atoms with E-state index in [1.54, 1.807) is 20.8 Å². The molecule has 20 heavy (non-hydrogen) atoms. The Morgan fingerprint density at radius 3 is 2.40 bits per heavy atom. The van der Waals surface area contributed by atoms with Crippen molar-refractivity contribution in [1.82, 2.24) is 5.32 Å². The summed E-state index contributed by atoms with van der Waals surface area (Å²) in [6, 6.07) is -0.865. The van der Waals surface area contributed by atoms with Gasteiger partial charge in [0.15, 0.2) is 0 Å². The van der Waals surface area contributed by atoms with Crippen LogP contribution in [-0.2, 0) is 14.3 Å². The van der Waals surface area contributed by atoms with Gasteiger partial charge in [0.2, 0.25) is 0 Å². The summed E-state index contributed by atoms with van der Waals surface area (Å²) in [6.45, 7) is 5.01. The Morgan fingerprint density at radius 1 is 1.30 bits per heavy atom. The lowest BCUT2D eigenvalue weighted by atomic mass is 10.2. The van der Waals surface area contributed by atoms with Gasteiger partial charge in [-0.1, -0.05) is 0 Å². The number of carbonyl (C=O) groups is 2. The number of nitrogens with one attached hydrogen (secondary N) is 1. The van der Waals surface area contributed by atoms with Gasteiger partial charge in [-0.15, -0.1) is 0 Å². The van der Waals surface area contributed by atoms with Crippen LogP contribution in [0.25, 0.3) is 0 Å². The Morgan fingerprint density at radius 2 is 1.90 bits per heavy atom. The maximum absolute atomic E-state index is 12.0. The molecule has 0 heterocycles. The summed E-state index contributed by atoms with van der Waals surface area (Å²) in [4.78, 5) is 23.6. The third-order valence-electron chi connectivity index (χ3n) is 2.98. The van der Waals surface area contributed by atoms with E-state index < -0.39 is 23.7 Å². The standard InChI is InChI=1S/C14H25NO5/c1-14(2,3)20-13(18)15-11(8-9-16)12(17)19-10-6-4-5-7-10/h10-11,16H,4-9H2,1-3H3,(H,15,18). The molecule has 1 amide bonds. The van der Waals surface area contributed by atoms with Gasteiger partial charge in [0, 0.05) is 13.0 Å². The van der Waals surface area contributed by atoms with Crippen LogP contribution in [0.4, 0.5) is 4.79 Å². The lowest BCUT2D eigenvalue weighted by molar-refractivity contribution is -0.151. The number of aliphatic hydroxyl groups excluding tert-OH is 1. The molecule has 0 aliphatic heterocycles. The summed E-state index contributed by atoms with van der Waals surface area (Å²) in [5.41, 5.74) is -0.636. The van der Waals surface area contributed by atoms with Gasteiger partial charge in [0.25, 0.3) is 0 Å². The molecule has 6 nitrogen and oxygen atoms in total. The first-order valence-electron chi connectivity index (χ1n) is 7.12. The Hall–Kier alpha value is -1.30. The van der Waals surface area contributed by atoms with E-state index in [2.05, 4.69) is 5.32 Å². The van der Waals surface area contributed by atoms with Crippen LogP contribution in [0, 0.1) is 0 Å². The summed E-state index contributed by atoms with van der Waals surface area (Å²) in [6.07, 6.45) is 3.21. The summed E-state index contributed by atoms with van der Waals surface area (Å²) in [7, 11) is 0. The van der Waals surface area contributed by atoms with E-state index >= 15 is 0 Å². The van der Waals surface area contributed by atoms with Crippen LogP contribution in [0.5, 0.6) is 0 Å². The molecule has 2 N–H and O–H groups in total. The number of hydrogen-bond acceptors (Lipinski definition) is 5. The fourth-order valence-electron chi connectivity index (χ4n) is 2.08. The molecule has 1 atom stereocenters. The van der Waals surface area contributed by atoms with E-state index in [9.17, 15) is 9.59 Å². The van der Waals surface area contributed by atoms with Crippen LogP contribution in [0.1, 0.15) is 52.9 Å². The number of esters is 1. The lowest BCUT2D eigenvalue weighted by Crippen LogP contribution is -2.45. The highest BCUT2D eigenvalue weighted by Crippen LogP contribution is 2.21. The SMILES string of the molecule is CC(C)(C)OC(=O)NC(CCO)C(=O)OC1CCCC1. The van der Waals surface area contributed by atoms with E-state index in [1.165, 1.54) is 0 Å². The van der Waals surface area contributed by atoms with Gasteiger partial charge in [-0.25, -0.2) is 9.59 Å². The Balaban J connectivity index is 2.49. The number of rotatable bonds is 5. The van der Waals surface area contributed by atoms with Crippen LogP contribution in [-0.4, -0.2) is 41.5 Å². The molecule has 1 saturated carbocycles. The van der Waals surface area contributed by atoms with Crippen molar-refractivity contribution in [2.24, 2.45) is 0 Å². The molecule has 1 unspecified atom stereocenters. The van der Waals surface area contributed by atoms with Gasteiger partial charge in [0.1, 0.15) is 17.7 Å². The number of alkyl carbamates (subject to hydrolysis) is 1. The zero-order chi connectivity index (χ0) is 15.2. The molecule has 0 aromatic heterocycles. The van der Waals surface area contributed by atoms with Crippen molar-refractivity contribution in [2.45, 2.75) is 70.6 Å². The maximum Gasteiger partial charge on any atom is 0.408 e. The average Bonchev–Trinajstić information content (AvgIpc) is 2.78. The van der Waals surface area contributed by atoms with Crippen LogP contribution in [0.15, 0.2) is 0 Å². The fraction of sp³-hybridized carbons (Fsp3) is 0.857. The van der Waals surface area contributed by atoms with E-state index in [-0.39, 0.29) is 19.1 Å². The highest BCUT2D eigenvalue weighted by molar-refractivity contribution is 5.81. The molecule has 0 radical (unpaired) electrons. The van der Waals surface area contributed by atoms with E-state index in [0.717, 1.165) is 25.7 Å². The molecule has 0 bridgehead atoms. The first-order valence-corrected chi connectivity index (χ1v) is 7.12. The highest BCUT2D eigenvalue weighted by Gasteiger charge is 2.28. The largest absolute Gasteiger partial charge is 0.461 e. The number of amides is 1. The van der Waals surface area contributed by atoms with Crippen molar-refractivity contribution in [3.8, 4) is 0 Å². The molecule has 6 heteroatoms. The first kappa shape index (κ1) is 16.8.